The molecule has 0 aliphatic heterocycles. The first-order valence-corrected chi connectivity index (χ1v) is 2.91. The molecule has 0 saturated carbocycles. The molecule has 0 aromatic heterocycles. The van der Waals surface area contributed by atoms with E-state index in [-0.39, 0.29) is 0 Å². The molecule has 0 aliphatic carbocycles. The van der Waals surface area contributed by atoms with Crippen molar-refractivity contribution < 1.29 is 0 Å². The van der Waals surface area contributed by atoms with Crippen LogP contribution in [0.3, 0.4) is 0 Å². The molecule has 0 unspecified atom stereocenters. The Hall–Kier alpha value is 0.220. The molecule has 0 fully saturated rings. The van der Waals surface area contributed by atoms with Crippen molar-refractivity contribution in [3.8, 4) is 0 Å². The van der Waals surface area contributed by atoms with Gasteiger partial charge in [0, 0.05) is 0 Å². The summed E-state index contributed by atoms with van der Waals surface area (Å²) in [4.78, 5) is 0. The highest BCUT2D eigenvalue weighted by Crippen LogP contribution is 2.06. The Labute approximate surface area is 47.4 Å². The van der Waals surface area contributed by atoms with E-state index in [2.05, 4.69) is 28.9 Å². The minimum absolute atomic E-state index is 1.11. The van der Waals surface area contributed by atoms with Gasteiger partial charge in [-0.25, -0.2) is 0 Å². The second-order valence-electron chi connectivity index (χ2n) is 1.09. The van der Waals surface area contributed by atoms with E-state index in [9.17, 15) is 0 Å². The van der Waals surface area contributed by atoms with Gasteiger partial charge in [-0.05, 0) is 17.8 Å². The van der Waals surface area contributed by atoms with Gasteiger partial charge in [0.05, 0.1) is 0 Å². The summed E-state index contributed by atoms with van der Waals surface area (Å²) in [5, 5.41) is 0. The van der Waals surface area contributed by atoms with Gasteiger partial charge < -0.3 is 0 Å². The van der Waals surface area contributed by atoms with Crippen molar-refractivity contribution in [1.82, 2.24) is 0 Å². The molecular weight excluding hydrogens is 140 g/mol. The number of rotatable bonds is 1. The minimum Gasteiger partial charge on any atom is -0.0775 e. The van der Waals surface area contributed by atoms with Crippen LogP contribution in [-0.4, -0.2) is 0 Å². The van der Waals surface area contributed by atoms with Crippen molar-refractivity contribution in [3.63, 3.8) is 0 Å². The van der Waals surface area contributed by atoms with E-state index >= 15 is 0 Å². The molecule has 0 aliphatic rings. The first-order chi connectivity index (χ1) is 2.81. The average molecular weight is 149 g/mol. The van der Waals surface area contributed by atoms with Crippen LogP contribution in [0, 0.1) is 0 Å². The standard InChI is InChI=1S/C5H9Br/c1-3-5(6)4-2/h3H,4H2,1-2H3/b5-3+. The van der Waals surface area contributed by atoms with Crippen LogP contribution in [0.15, 0.2) is 10.6 Å². The van der Waals surface area contributed by atoms with Crippen LogP contribution in [0.25, 0.3) is 0 Å². The molecule has 0 atom stereocenters. The molecule has 0 spiro atoms. The summed E-state index contributed by atoms with van der Waals surface area (Å²) < 4.78 is 1.28. The Morgan fingerprint density at radius 3 is 2.33 bits per heavy atom. The largest absolute Gasteiger partial charge is 0.0775 e. The molecule has 0 aromatic carbocycles. The van der Waals surface area contributed by atoms with Gasteiger partial charge in [-0.3, -0.25) is 0 Å². The third kappa shape index (κ3) is 2.46. The van der Waals surface area contributed by atoms with Gasteiger partial charge in [0.15, 0.2) is 0 Å². The quantitative estimate of drug-likeness (QED) is 0.537. The Kier molecular flexibility index (Phi) is 3.54. The zero-order chi connectivity index (χ0) is 4.99. The topological polar surface area (TPSA) is 0 Å². The average Bonchev–Trinajstić information content (AvgIpc) is 1.65. The summed E-state index contributed by atoms with van der Waals surface area (Å²) >= 11 is 3.34. The monoisotopic (exact) mass is 148 g/mol. The van der Waals surface area contributed by atoms with Gasteiger partial charge >= 0.3 is 0 Å². The van der Waals surface area contributed by atoms with E-state index in [1.54, 1.807) is 0 Å². The lowest BCUT2D eigenvalue weighted by Crippen LogP contribution is -1.57. The fourth-order valence-electron chi connectivity index (χ4n) is 0.204. The molecular formula is C5H9Br. The normalized spacial score (nSPS) is 12.2. The fraction of sp³-hybridized carbons (Fsp3) is 0.600. The first-order valence-electron chi connectivity index (χ1n) is 2.12. The van der Waals surface area contributed by atoms with Crippen LogP contribution in [-0.2, 0) is 0 Å². The molecule has 0 saturated heterocycles. The SMILES string of the molecule is C/C=C(/Br)CC. The van der Waals surface area contributed by atoms with E-state index in [0.717, 1.165) is 6.42 Å². The van der Waals surface area contributed by atoms with Crippen molar-refractivity contribution in [2.45, 2.75) is 20.3 Å². The molecule has 0 rings (SSSR count). The van der Waals surface area contributed by atoms with Crippen LogP contribution in [0.2, 0.25) is 0 Å². The van der Waals surface area contributed by atoms with Crippen molar-refractivity contribution >= 4 is 15.9 Å². The molecule has 0 amide bonds. The summed E-state index contributed by atoms with van der Waals surface area (Å²) in [5.74, 6) is 0. The molecule has 0 nitrogen and oxygen atoms in total. The maximum atomic E-state index is 3.34. The predicted octanol–water partition coefficient (Wildman–Crippen LogP) is 2.70. The second kappa shape index (κ2) is 3.41. The summed E-state index contributed by atoms with van der Waals surface area (Å²) in [6.45, 7) is 4.14. The molecule has 0 bridgehead atoms. The van der Waals surface area contributed by atoms with Gasteiger partial charge in [-0.2, -0.15) is 0 Å². The minimum atomic E-state index is 1.11. The zero-order valence-electron chi connectivity index (χ0n) is 4.16. The van der Waals surface area contributed by atoms with E-state index in [0.29, 0.717) is 0 Å². The lowest BCUT2D eigenvalue weighted by molar-refractivity contribution is 1.20. The zero-order valence-corrected chi connectivity index (χ0v) is 5.75. The summed E-state index contributed by atoms with van der Waals surface area (Å²) in [5.41, 5.74) is 0. The fourth-order valence-corrected chi connectivity index (χ4v) is 0.204. The third-order valence-corrected chi connectivity index (χ3v) is 1.67. The van der Waals surface area contributed by atoms with Crippen LogP contribution in [0.4, 0.5) is 0 Å². The highest BCUT2D eigenvalue weighted by Gasteiger charge is 1.75. The van der Waals surface area contributed by atoms with Crippen molar-refractivity contribution in [3.05, 3.63) is 10.6 Å². The number of hydrogen-bond acceptors (Lipinski definition) is 0. The summed E-state index contributed by atoms with van der Waals surface area (Å²) in [6.07, 6.45) is 3.16. The van der Waals surface area contributed by atoms with Gasteiger partial charge in [0.1, 0.15) is 0 Å². The van der Waals surface area contributed by atoms with Gasteiger partial charge in [-0.1, -0.05) is 28.9 Å². The molecule has 0 heterocycles. The molecule has 6 heavy (non-hydrogen) atoms. The highest BCUT2D eigenvalue weighted by molar-refractivity contribution is 9.11. The molecule has 0 aromatic rings. The van der Waals surface area contributed by atoms with Crippen molar-refractivity contribution in [2.75, 3.05) is 0 Å². The number of allylic oxidation sites excluding steroid dienone is 2. The van der Waals surface area contributed by atoms with Gasteiger partial charge in [-0.15, -0.1) is 0 Å². The molecule has 1 heteroatoms. The molecule has 0 radical (unpaired) electrons. The van der Waals surface area contributed by atoms with E-state index < -0.39 is 0 Å². The van der Waals surface area contributed by atoms with E-state index in [1.807, 2.05) is 6.92 Å². The third-order valence-electron chi connectivity index (χ3n) is 0.651. The maximum Gasteiger partial charge on any atom is -0.00947 e. The van der Waals surface area contributed by atoms with Crippen LogP contribution >= 0.6 is 15.9 Å². The second-order valence-corrected chi connectivity index (χ2v) is 2.11. The van der Waals surface area contributed by atoms with Gasteiger partial charge in [0.25, 0.3) is 0 Å². The summed E-state index contributed by atoms with van der Waals surface area (Å²) in [6, 6.07) is 0. The van der Waals surface area contributed by atoms with Crippen LogP contribution in [0.5, 0.6) is 0 Å². The maximum absolute atomic E-state index is 3.34. The van der Waals surface area contributed by atoms with Crippen molar-refractivity contribution in [2.24, 2.45) is 0 Å². The van der Waals surface area contributed by atoms with Crippen molar-refractivity contribution in [1.29, 1.82) is 0 Å². The Morgan fingerprint density at radius 1 is 1.83 bits per heavy atom. The summed E-state index contributed by atoms with van der Waals surface area (Å²) in [7, 11) is 0. The smallest absolute Gasteiger partial charge is 0.00947 e. The van der Waals surface area contributed by atoms with Crippen LogP contribution < -0.4 is 0 Å². The first kappa shape index (κ1) is 6.22. The van der Waals surface area contributed by atoms with E-state index in [1.165, 1.54) is 4.48 Å². The Bertz CT molecular complexity index is 55.0. The molecule has 0 N–H and O–H groups in total. The number of hydrogen-bond donors (Lipinski definition) is 0. The predicted molar refractivity (Wildman–Crippen MR) is 33.0 cm³/mol. The lowest BCUT2D eigenvalue weighted by atomic mass is 10.4. The number of halogens is 1. The van der Waals surface area contributed by atoms with Crippen LogP contribution in [0.1, 0.15) is 20.3 Å². The highest BCUT2D eigenvalue weighted by atomic mass is 79.9. The van der Waals surface area contributed by atoms with E-state index in [4.69, 9.17) is 0 Å². The van der Waals surface area contributed by atoms with Gasteiger partial charge in [0.2, 0.25) is 0 Å². The lowest BCUT2D eigenvalue weighted by Gasteiger charge is -1.82. The Balaban J connectivity index is 3.22. The molecule has 36 valence electrons. The Morgan fingerprint density at radius 2 is 2.33 bits per heavy atom.